The molecule has 0 radical (unpaired) electrons. The molecule has 0 bridgehead atoms. The van der Waals surface area contributed by atoms with E-state index in [-0.39, 0.29) is 11.1 Å². The molecule has 0 aliphatic rings. The zero-order chi connectivity index (χ0) is 29.3. The van der Waals surface area contributed by atoms with Crippen molar-refractivity contribution in [3.05, 3.63) is 154 Å². The molecule has 0 aliphatic heterocycles. The smallest absolute Gasteiger partial charge is 0.335 e. The Morgan fingerprint density at radius 2 is 0.905 bits per heavy atom. The van der Waals surface area contributed by atoms with Crippen molar-refractivity contribution in [2.24, 2.45) is 0 Å². The first-order chi connectivity index (χ1) is 20.4. The summed E-state index contributed by atoms with van der Waals surface area (Å²) in [5, 5.41) is 18.4. The number of carboxylic acids is 2. The second-order valence-electron chi connectivity index (χ2n) is 8.96. The van der Waals surface area contributed by atoms with Crippen LogP contribution >= 0.6 is 0 Å². The normalized spacial score (nSPS) is 9.71. The molecule has 2 aromatic heterocycles. The van der Waals surface area contributed by atoms with Gasteiger partial charge in [-0.15, -0.1) is 0 Å². The average Bonchev–Trinajstić information content (AvgIpc) is 3.03. The molecule has 0 amide bonds. The Balaban J connectivity index is 1.25. The molecule has 5 rings (SSSR count). The predicted molar refractivity (Wildman–Crippen MR) is 159 cm³/mol. The van der Waals surface area contributed by atoms with Crippen molar-refractivity contribution in [2.75, 3.05) is 0 Å². The van der Waals surface area contributed by atoms with Crippen molar-refractivity contribution < 1.29 is 19.8 Å². The molecule has 6 heteroatoms. The maximum atomic E-state index is 11.3. The summed E-state index contributed by atoms with van der Waals surface area (Å²) in [7, 11) is 0. The van der Waals surface area contributed by atoms with Gasteiger partial charge in [0.2, 0.25) is 0 Å². The fraction of sp³-hybridized carbons (Fsp3) is 0. The molecular formula is C36H20N2O4. The van der Waals surface area contributed by atoms with Gasteiger partial charge in [0.25, 0.3) is 0 Å². The van der Waals surface area contributed by atoms with Crippen LogP contribution in [0.2, 0.25) is 0 Å². The van der Waals surface area contributed by atoms with Crippen molar-refractivity contribution in [1.82, 2.24) is 9.97 Å². The van der Waals surface area contributed by atoms with Crippen LogP contribution in [0.25, 0.3) is 11.4 Å². The van der Waals surface area contributed by atoms with Crippen LogP contribution in [0.15, 0.2) is 109 Å². The van der Waals surface area contributed by atoms with Crippen molar-refractivity contribution in [1.29, 1.82) is 0 Å². The van der Waals surface area contributed by atoms with E-state index in [4.69, 9.17) is 0 Å². The van der Waals surface area contributed by atoms with Gasteiger partial charge < -0.3 is 10.2 Å². The molecule has 0 saturated carbocycles. The Labute approximate surface area is 242 Å². The number of carbonyl (C=O) groups is 2. The molecule has 0 spiro atoms. The number of hydrogen-bond acceptors (Lipinski definition) is 4. The number of aromatic nitrogens is 2. The highest BCUT2D eigenvalue weighted by Gasteiger charge is 2.10. The summed E-state index contributed by atoms with van der Waals surface area (Å²) in [5.41, 5.74) is 5.65. The molecular weight excluding hydrogens is 524 g/mol. The number of benzene rings is 3. The number of carboxylic acid groups (broad SMARTS) is 2. The predicted octanol–water partition coefficient (Wildman–Crippen LogP) is 5.74. The minimum atomic E-state index is -1.22. The van der Waals surface area contributed by atoms with Gasteiger partial charge in [-0.2, -0.15) is 0 Å². The SMILES string of the molecule is O=C(O)c1cc(C#Cc2ccc(C#Cc3ccc(C#Cc4ccnc(-c5ccccn5)c4)cc3)cc2)cc(C(=O)O)c1. The quantitative estimate of drug-likeness (QED) is 0.281. The minimum absolute atomic E-state index is 0.131. The first kappa shape index (κ1) is 27.2. The van der Waals surface area contributed by atoms with Crippen molar-refractivity contribution in [2.45, 2.75) is 0 Å². The largest absolute Gasteiger partial charge is 0.478 e. The Morgan fingerprint density at radius 3 is 1.36 bits per heavy atom. The van der Waals surface area contributed by atoms with Gasteiger partial charge in [-0.25, -0.2) is 9.59 Å². The van der Waals surface area contributed by atoms with E-state index in [1.54, 1.807) is 24.5 Å². The molecule has 0 fully saturated rings. The van der Waals surface area contributed by atoms with Crippen LogP contribution in [0, 0.1) is 35.5 Å². The van der Waals surface area contributed by atoms with E-state index < -0.39 is 11.9 Å². The van der Waals surface area contributed by atoms with Crippen molar-refractivity contribution in [3.63, 3.8) is 0 Å². The number of aromatic carboxylic acids is 2. The van der Waals surface area contributed by atoms with Gasteiger partial charge >= 0.3 is 11.9 Å². The zero-order valence-corrected chi connectivity index (χ0v) is 22.0. The summed E-state index contributed by atoms with van der Waals surface area (Å²) >= 11 is 0. The summed E-state index contributed by atoms with van der Waals surface area (Å²) < 4.78 is 0. The van der Waals surface area contributed by atoms with E-state index in [9.17, 15) is 19.8 Å². The van der Waals surface area contributed by atoms with Gasteiger partial charge in [-0.1, -0.05) is 41.6 Å². The Hall–Kier alpha value is -6.42. The van der Waals surface area contributed by atoms with Crippen LogP contribution in [0.1, 0.15) is 54.1 Å². The van der Waals surface area contributed by atoms with Crippen molar-refractivity contribution in [3.8, 4) is 46.9 Å². The van der Waals surface area contributed by atoms with Crippen LogP contribution < -0.4 is 0 Å². The summed E-state index contributed by atoms with van der Waals surface area (Å²) in [6, 6.07) is 28.2. The third-order valence-corrected chi connectivity index (χ3v) is 5.94. The molecule has 2 N–H and O–H groups in total. The second-order valence-corrected chi connectivity index (χ2v) is 8.96. The van der Waals surface area contributed by atoms with Gasteiger partial charge in [-0.05, 0) is 91.0 Å². The maximum Gasteiger partial charge on any atom is 0.335 e. The van der Waals surface area contributed by atoms with Crippen LogP contribution in [0.3, 0.4) is 0 Å². The van der Waals surface area contributed by atoms with Crippen LogP contribution in [-0.4, -0.2) is 32.1 Å². The van der Waals surface area contributed by atoms with Gasteiger partial charge in [0, 0.05) is 45.8 Å². The summed E-state index contributed by atoms with van der Waals surface area (Å²) in [5.74, 6) is 15.9. The number of nitrogens with zero attached hydrogens (tertiary/aromatic N) is 2. The highest BCUT2D eigenvalue weighted by atomic mass is 16.4. The Kier molecular flexibility index (Phi) is 8.16. The number of hydrogen-bond donors (Lipinski definition) is 2. The lowest BCUT2D eigenvalue weighted by Crippen LogP contribution is -2.03. The Morgan fingerprint density at radius 1 is 0.452 bits per heavy atom. The van der Waals surface area contributed by atoms with Gasteiger partial charge in [0.15, 0.2) is 0 Å². The maximum absolute atomic E-state index is 11.3. The monoisotopic (exact) mass is 544 g/mol. The molecule has 0 atom stereocenters. The highest BCUT2D eigenvalue weighted by molar-refractivity contribution is 5.94. The third kappa shape index (κ3) is 7.16. The Bertz CT molecular complexity index is 1950. The molecule has 198 valence electrons. The van der Waals surface area contributed by atoms with Crippen LogP contribution in [0.5, 0.6) is 0 Å². The van der Waals surface area contributed by atoms with E-state index in [1.165, 1.54) is 12.1 Å². The lowest BCUT2D eigenvalue weighted by molar-refractivity contribution is 0.0696. The van der Waals surface area contributed by atoms with Gasteiger partial charge in [0.05, 0.1) is 22.5 Å². The first-order valence-corrected chi connectivity index (χ1v) is 12.7. The third-order valence-electron chi connectivity index (χ3n) is 5.94. The lowest BCUT2D eigenvalue weighted by Gasteiger charge is -2.00. The van der Waals surface area contributed by atoms with E-state index in [1.807, 2.05) is 66.7 Å². The molecule has 5 aromatic rings. The lowest BCUT2D eigenvalue weighted by atomic mass is 10.1. The summed E-state index contributed by atoms with van der Waals surface area (Å²) in [4.78, 5) is 31.3. The molecule has 0 saturated heterocycles. The molecule has 0 aliphatic carbocycles. The molecule has 42 heavy (non-hydrogen) atoms. The van der Waals surface area contributed by atoms with Crippen molar-refractivity contribution >= 4 is 11.9 Å². The van der Waals surface area contributed by atoms with E-state index >= 15 is 0 Å². The fourth-order valence-corrected chi connectivity index (χ4v) is 3.82. The molecule has 0 unspecified atom stereocenters. The average molecular weight is 545 g/mol. The highest BCUT2D eigenvalue weighted by Crippen LogP contribution is 2.15. The standard InChI is InChI=1S/C36H20N2O4/c39-35(40)31-21-30(22-32(24-31)36(41)42)17-15-28-12-8-26(9-13-28)5-4-25-6-10-27(11-7-25)14-16-29-18-20-38-34(23-29)33-3-1-2-19-37-33/h1-3,6-13,18-24H,(H,39,40)(H,41,42). The zero-order valence-electron chi connectivity index (χ0n) is 22.0. The second kappa shape index (κ2) is 12.6. The number of rotatable bonds is 3. The van der Waals surface area contributed by atoms with Gasteiger partial charge in [0.1, 0.15) is 0 Å². The molecule has 3 aromatic carbocycles. The van der Waals surface area contributed by atoms with Crippen LogP contribution in [-0.2, 0) is 0 Å². The fourth-order valence-electron chi connectivity index (χ4n) is 3.82. The number of pyridine rings is 2. The van der Waals surface area contributed by atoms with Crippen LogP contribution in [0.4, 0.5) is 0 Å². The van der Waals surface area contributed by atoms with E-state index in [2.05, 4.69) is 45.5 Å². The summed E-state index contributed by atoms with van der Waals surface area (Å²) in [6.45, 7) is 0. The minimum Gasteiger partial charge on any atom is -0.478 e. The summed E-state index contributed by atoms with van der Waals surface area (Å²) in [6.07, 6.45) is 3.46. The molecule has 6 nitrogen and oxygen atoms in total. The van der Waals surface area contributed by atoms with Gasteiger partial charge in [-0.3, -0.25) is 9.97 Å². The molecule has 2 heterocycles. The topological polar surface area (TPSA) is 100 Å². The van der Waals surface area contributed by atoms with E-state index in [0.29, 0.717) is 11.1 Å². The first-order valence-electron chi connectivity index (χ1n) is 12.7. The van der Waals surface area contributed by atoms with E-state index in [0.717, 1.165) is 39.7 Å².